The maximum atomic E-state index is 12.7. The molecule has 3 unspecified atom stereocenters. The van der Waals surface area contributed by atoms with Crippen LogP contribution in [0.3, 0.4) is 0 Å². The lowest BCUT2D eigenvalue weighted by atomic mass is 9.75. The van der Waals surface area contributed by atoms with Crippen molar-refractivity contribution in [3.63, 3.8) is 0 Å². The molecule has 0 aliphatic heterocycles. The molecule has 0 bridgehead atoms. The number of halogens is 6. The zero-order valence-corrected chi connectivity index (χ0v) is 9.49. The van der Waals surface area contributed by atoms with Gasteiger partial charge >= 0.3 is 12.4 Å². The van der Waals surface area contributed by atoms with Crippen molar-refractivity contribution in [2.45, 2.75) is 45.6 Å². The molecular weight excluding hydrogens is 254 g/mol. The van der Waals surface area contributed by atoms with Gasteiger partial charge in [0.2, 0.25) is 0 Å². The van der Waals surface area contributed by atoms with E-state index in [1.165, 1.54) is 0 Å². The van der Waals surface area contributed by atoms with Crippen LogP contribution in [0.5, 0.6) is 0 Å². The van der Waals surface area contributed by atoms with Crippen LogP contribution in [0.2, 0.25) is 0 Å². The highest BCUT2D eigenvalue weighted by molar-refractivity contribution is 4.92. The molecule has 17 heavy (non-hydrogen) atoms. The van der Waals surface area contributed by atoms with Crippen molar-refractivity contribution in [2.24, 2.45) is 11.3 Å². The first-order valence-corrected chi connectivity index (χ1v) is 4.85. The second-order valence-electron chi connectivity index (χ2n) is 4.13. The smallest absolute Gasteiger partial charge is 0.251 e. The van der Waals surface area contributed by atoms with E-state index in [4.69, 9.17) is 5.26 Å². The Bertz CT molecular complexity index is 249. The average Bonchev–Trinajstić information content (AvgIpc) is 2.15. The normalized spacial score (nSPS) is 20.8. The van der Waals surface area contributed by atoms with Gasteiger partial charge in [-0.25, -0.2) is 4.89 Å². The van der Waals surface area contributed by atoms with Crippen LogP contribution in [-0.4, -0.2) is 23.7 Å². The van der Waals surface area contributed by atoms with Crippen molar-refractivity contribution >= 4 is 0 Å². The van der Waals surface area contributed by atoms with E-state index in [1.54, 1.807) is 0 Å². The molecule has 0 aliphatic carbocycles. The highest BCUT2D eigenvalue weighted by Crippen LogP contribution is 2.49. The molecule has 0 aromatic heterocycles. The molecule has 0 saturated heterocycles. The lowest BCUT2D eigenvalue weighted by molar-refractivity contribution is -0.376. The van der Waals surface area contributed by atoms with E-state index in [-0.39, 0.29) is 0 Å². The summed E-state index contributed by atoms with van der Waals surface area (Å²) in [5.74, 6) is -2.43. The van der Waals surface area contributed by atoms with Crippen LogP contribution < -0.4 is 0 Å². The van der Waals surface area contributed by atoms with Gasteiger partial charge in [0.1, 0.15) is 6.10 Å². The van der Waals surface area contributed by atoms with Crippen molar-refractivity contribution in [2.75, 3.05) is 0 Å². The van der Waals surface area contributed by atoms with Crippen molar-refractivity contribution < 1.29 is 36.5 Å². The number of rotatable bonds is 4. The minimum absolute atomic E-state index is 0.542. The quantitative estimate of drug-likeness (QED) is 0.474. The molecule has 0 radical (unpaired) electrons. The fraction of sp³-hybridized carbons (Fsp3) is 1.00. The minimum Gasteiger partial charge on any atom is -0.251 e. The second kappa shape index (κ2) is 5.01. The molecule has 0 fully saturated rings. The first kappa shape index (κ1) is 16.5. The Morgan fingerprint density at radius 3 is 1.71 bits per heavy atom. The summed E-state index contributed by atoms with van der Waals surface area (Å²) in [7, 11) is 0. The monoisotopic (exact) mass is 268 g/mol. The highest BCUT2D eigenvalue weighted by Gasteiger charge is 2.61. The summed E-state index contributed by atoms with van der Waals surface area (Å²) >= 11 is 0. The van der Waals surface area contributed by atoms with Gasteiger partial charge < -0.3 is 0 Å². The Hall–Kier alpha value is -0.500. The van der Waals surface area contributed by atoms with Gasteiger partial charge in [-0.2, -0.15) is 26.3 Å². The molecule has 0 aromatic carbocycles. The molecule has 0 aliphatic rings. The van der Waals surface area contributed by atoms with Gasteiger partial charge in [-0.15, -0.1) is 0 Å². The summed E-state index contributed by atoms with van der Waals surface area (Å²) < 4.78 is 75.3. The molecular formula is C9H14F6O2. The standard InChI is InChI=1S/C9H14F6O2/c1-4-7(3,9(13,14)15)6(17-16)5(2)8(10,11)12/h5-6,16H,4H2,1-3H3. The minimum atomic E-state index is -4.91. The Morgan fingerprint density at radius 1 is 1.12 bits per heavy atom. The Morgan fingerprint density at radius 2 is 1.53 bits per heavy atom. The van der Waals surface area contributed by atoms with E-state index in [1.807, 2.05) is 0 Å². The third-order valence-electron chi connectivity index (χ3n) is 3.09. The molecule has 2 nitrogen and oxygen atoms in total. The van der Waals surface area contributed by atoms with Gasteiger partial charge in [-0.05, 0) is 13.3 Å². The first-order valence-electron chi connectivity index (χ1n) is 4.85. The van der Waals surface area contributed by atoms with Crippen LogP contribution in [0.1, 0.15) is 27.2 Å². The molecule has 0 saturated carbocycles. The van der Waals surface area contributed by atoms with Crippen LogP contribution in [0.25, 0.3) is 0 Å². The van der Waals surface area contributed by atoms with Crippen LogP contribution in [0.15, 0.2) is 0 Å². The first-order chi connectivity index (χ1) is 7.41. The van der Waals surface area contributed by atoms with E-state index in [0.29, 0.717) is 13.8 Å². The lowest BCUT2D eigenvalue weighted by Gasteiger charge is -2.39. The predicted octanol–water partition coefficient (Wildman–Crippen LogP) is 4.02. The zero-order valence-electron chi connectivity index (χ0n) is 9.49. The van der Waals surface area contributed by atoms with Gasteiger partial charge in [0.15, 0.2) is 0 Å². The molecule has 0 heterocycles. The topological polar surface area (TPSA) is 29.5 Å². The van der Waals surface area contributed by atoms with Crippen LogP contribution in [0.4, 0.5) is 26.3 Å². The third kappa shape index (κ3) is 3.25. The van der Waals surface area contributed by atoms with Gasteiger partial charge in [-0.3, -0.25) is 5.26 Å². The van der Waals surface area contributed by atoms with Crippen molar-refractivity contribution in [3.05, 3.63) is 0 Å². The fourth-order valence-corrected chi connectivity index (χ4v) is 1.49. The third-order valence-corrected chi connectivity index (χ3v) is 3.09. The summed E-state index contributed by atoms with van der Waals surface area (Å²) in [6.07, 6.45) is -12.8. The van der Waals surface area contributed by atoms with Crippen molar-refractivity contribution in [1.29, 1.82) is 0 Å². The van der Waals surface area contributed by atoms with Gasteiger partial charge in [0.25, 0.3) is 0 Å². The maximum absolute atomic E-state index is 12.7. The Labute approximate surface area is 94.5 Å². The van der Waals surface area contributed by atoms with E-state index < -0.39 is 36.2 Å². The lowest BCUT2D eigenvalue weighted by Crippen LogP contribution is -2.51. The summed E-state index contributed by atoms with van der Waals surface area (Å²) in [5, 5.41) is 8.39. The van der Waals surface area contributed by atoms with Gasteiger partial charge in [-0.1, -0.05) is 13.8 Å². The molecule has 3 atom stereocenters. The molecule has 0 amide bonds. The number of hydrogen-bond acceptors (Lipinski definition) is 2. The molecule has 0 aromatic rings. The van der Waals surface area contributed by atoms with Crippen LogP contribution in [-0.2, 0) is 4.89 Å². The summed E-state index contributed by atoms with van der Waals surface area (Å²) in [6, 6.07) is 0. The van der Waals surface area contributed by atoms with Crippen molar-refractivity contribution in [3.8, 4) is 0 Å². The van der Waals surface area contributed by atoms with E-state index in [0.717, 1.165) is 6.92 Å². The fourth-order valence-electron chi connectivity index (χ4n) is 1.49. The highest BCUT2D eigenvalue weighted by atomic mass is 19.4. The number of alkyl halides is 6. The average molecular weight is 268 g/mol. The van der Waals surface area contributed by atoms with Crippen LogP contribution in [0, 0.1) is 11.3 Å². The molecule has 1 N–H and O–H groups in total. The van der Waals surface area contributed by atoms with E-state index in [2.05, 4.69) is 4.89 Å². The van der Waals surface area contributed by atoms with Crippen molar-refractivity contribution in [1.82, 2.24) is 0 Å². The van der Waals surface area contributed by atoms with Gasteiger partial charge in [0, 0.05) is 0 Å². The summed E-state index contributed by atoms with van der Waals surface area (Å²) in [4.78, 5) is 3.48. The summed E-state index contributed by atoms with van der Waals surface area (Å²) in [6.45, 7) is 2.22. The Balaban J connectivity index is 5.36. The molecule has 0 rings (SSSR count). The van der Waals surface area contributed by atoms with Crippen LogP contribution >= 0.6 is 0 Å². The summed E-state index contributed by atoms with van der Waals surface area (Å²) in [5.41, 5.74) is -2.77. The largest absolute Gasteiger partial charge is 0.396 e. The predicted molar refractivity (Wildman–Crippen MR) is 47.2 cm³/mol. The molecule has 104 valence electrons. The Kier molecular flexibility index (Phi) is 4.86. The molecule has 8 heteroatoms. The maximum Gasteiger partial charge on any atom is 0.396 e. The zero-order chi connectivity index (χ0) is 14.1. The van der Waals surface area contributed by atoms with E-state index >= 15 is 0 Å². The van der Waals surface area contributed by atoms with E-state index in [9.17, 15) is 26.3 Å². The molecule has 0 spiro atoms. The van der Waals surface area contributed by atoms with Gasteiger partial charge in [0.05, 0.1) is 11.3 Å². The SMILES string of the molecule is CCC(C)(C(OO)C(C)C(F)(F)F)C(F)(F)F. The second-order valence-corrected chi connectivity index (χ2v) is 4.13. The number of hydrogen-bond donors (Lipinski definition) is 1.